The van der Waals surface area contributed by atoms with Gasteiger partial charge < -0.3 is 15.5 Å². The molecule has 8 nitrogen and oxygen atoms in total. The van der Waals surface area contributed by atoms with Gasteiger partial charge in [0.05, 0.1) is 6.54 Å². The van der Waals surface area contributed by atoms with Crippen LogP contribution in [0, 0.1) is 0 Å². The topological polar surface area (TPSA) is 104 Å². The van der Waals surface area contributed by atoms with Crippen LogP contribution in [0.5, 0.6) is 0 Å². The molecule has 0 bridgehead atoms. The number of aliphatic imine (C=N–C) groups is 1. The van der Waals surface area contributed by atoms with Gasteiger partial charge in [-0.1, -0.05) is 6.07 Å². The number of piperazine rings is 1. The molecule has 0 aromatic carbocycles. The highest BCUT2D eigenvalue weighted by Crippen LogP contribution is 2.18. The Balaban J connectivity index is 0.00000243. The molecule has 2 aromatic rings. The van der Waals surface area contributed by atoms with Crippen LogP contribution in [-0.2, 0) is 10.0 Å². The lowest BCUT2D eigenvalue weighted by Crippen LogP contribution is -2.51. The first-order chi connectivity index (χ1) is 12.1. The van der Waals surface area contributed by atoms with Gasteiger partial charge in [0.25, 0.3) is 0 Å². The second-order valence-electron chi connectivity index (χ2n) is 5.36. The monoisotopic (exact) mass is 528 g/mol. The van der Waals surface area contributed by atoms with Crippen LogP contribution in [-0.4, -0.2) is 63.5 Å². The molecular formula is C14H21IN6O2S3. The molecular weight excluding hydrogens is 507 g/mol. The van der Waals surface area contributed by atoms with Crippen LogP contribution >= 0.6 is 46.7 Å². The smallest absolute Gasteiger partial charge is 0.250 e. The van der Waals surface area contributed by atoms with E-state index >= 15 is 0 Å². The number of rotatable bonds is 6. The van der Waals surface area contributed by atoms with Gasteiger partial charge >= 0.3 is 0 Å². The Morgan fingerprint density at radius 3 is 2.65 bits per heavy atom. The Morgan fingerprint density at radius 2 is 2.04 bits per heavy atom. The van der Waals surface area contributed by atoms with Crippen molar-refractivity contribution in [3.8, 4) is 0 Å². The number of sulfonamides is 1. The highest BCUT2D eigenvalue weighted by molar-refractivity contribution is 14.0. The van der Waals surface area contributed by atoms with Crippen molar-refractivity contribution in [2.45, 2.75) is 4.21 Å². The van der Waals surface area contributed by atoms with Gasteiger partial charge in [-0.25, -0.2) is 18.1 Å². The molecule has 1 fully saturated rings. The Morgan fingerprint density at radius 1 is 1.27 bits per heavy atom. The number of hydrogen-bond donors (Lipinski definition) is 2. The molecule has 0 saturated carbocycles. The number of aromatic nitrogens is 1. The number of guanidine groups is 1. The minimum absolute atomic E-state index is 0. The molecule has 26 heavy (non-hydrogen) atoms. The summed E-state index contributed by atoms with van der Waals surface area (Å²) in [6, 6.07) is 3.29. The number of nitrogens with one attached hydrogen (secondary N) is 1. The van der Waals surface area contributed by atoms with Gasteiger partial charge in [0.1, 0.15) is 4.21 Å². The maximum atomic E-state index is 12.0. The third-order valence-electron chi connectivity index (χ3n) is 3.73. The zero-order valence-corrected chi connectivity index (χ0v) is 18.7. The van der Waals surface area contributed by atoms with Crippen LogP contribution in [0.3, 0.4) is 0 Å². The van der Waals surface area contributed by atoms with Crippen LogP contribution in [0.15, 0.2) is 38.3 Å². The van der Waals surface area contributed by atoms with Gasteiger partial charge in [-0.05, 0) is 11.4 Å². The van der Waals surface area contributed by atoms with E-state index in [4.69, 9.17) is 5.73 Å². The summed E-state index contributed by atoms with van der Waals surface area (Å²) in [6.45, 7) is 3.76. The lowest BCUT2D eigenvalue weighted by Gasteiger charge is -2.35. The van der Waals surface area contributed by atoms with E-state index < -0.39 is 10.0 Å². The van der Waals surface area contributed by atoms with Crippen LogP contribution in [0.1, 0.15) is 0 Å². The molecule has 1 aliphatic rings. The molecule has 0 atom stereocenters. The zero-order chi connectivity index (χ0) is 17.7. The van der Waals surface area contributed by atoms with Crippen LogP contribution in [0.4, 0.5) is 5.13 Å². The molecule has 1 saturated heterocycles. The molecule has 12 heteroatoms. The van der Waals surface area contributed by atoms with Gasteiger partial charge in [-0.3, -0.25) is 4.99 Å². The van der Waals surface area contributed by atoms with Crippen molar-refractivity contribution in [3.05, 3.63) is 29.1 Å². The van der Waals surface area contributed by atoms with Crippen molar-refractivity contribution in [1.29, 1.82) is 0 Å². The minimum atomic E-state index is -3.44. The lowest BCUT2D eigenvalue weighted by atomic mass is 10.3. The number of thiophene rings is 1. The van der Waals surface area contributed by atoms with Crippen molar-refractivity contribution < 1.29 is 8.42 Å². The Bertz CT molecular complexity index is 787. The summed E-state index contributed by atoms with van der Waals surface area (Å²) >= 11 is 2.82. The summed E-state index contributed by atoms with van der Waals surface area (Å²) in [5.74, 6) is 0.453. The van der Waals surface area contributed by atoms with E-state index in [1.807, 2.05) is 10.3 Å². The lowest BCUT2D eigenvalue weighted by molar-refractivity contribution is 0.380. The fraction of sp³-hybridized carbons (Fsp3) is 0.429. The largest absolute Gasteiger partial charge is 0.370 e. The Kier molecular flexibility index (Phi) is 8.06. The molecule has 0 radical (unpaired) electrons. The Hall–Kier alpha value is -0.960. The summed E-state index contributed by atoms with van der Waals surface area (Å²) in [7, 11) is -3.44. The van der Waals surface area contributed by atoms with Gasteiger partial charge in [0.2, 0.25) is 10.0 Å². The highest BCUT2D eigenvalue weighted by atomic mass is 127. The van der Waals surface area contributed by atoms with Gasteiger partial charge in [-0.15, -0.1) is 46.7 Å². The van der Waals surface area contributed by atoms with E-state index in [-0.39, 0.29) is 30.5 Å². The maximum Gasteiger partial charge on any atom is 0.250 e. The van der Waals surface area contributed by atoms with Crippen LogP contribution < -0.4 is 15.4 Å². The summed E-state index contributed by atoms with van der Waals surface area (Å²) in [5, 5.41) is 4.73. The van der Waals surface area contributed by atoms with Crippen molar-refractivity contribution in [3.63, 3.8) is 0 Å². The SMILES string of the molecule is I.NC(=NCCNS(=O)(=O)c1cccs1)N1CCN(c2nccs2)CC1. The molecule has 1 aliphatic heterocycles. The molecule has 0 aliphatic carbocycles. The summed E-state index contributed by atoms with van der Waals surface area (Å²) < 4.78 is 26.8. The van der Waals surface area contributed by atoms with Crippen molar-refractivity contribution >= 4 is 67.8 Å². The van der Waals surface area contributed by atoms with Gasteiger partial charge in [0.15, 0.2) is 11.1 Å². The first-order valence-electron chi connectivity index (χ1n) is 7.79. The molecule has 3 N–H and O–H groups in total. The predicted molar refractivity (Wildman–Crippen MR) is 117 cm³/mol. The number of anilines is 1. The van der Waals surface area contributed by atoms with E-state index in [2.05, 4.69) is 19.6 Å². The van der Waals surface area contributed by atoms with E-state index in [1.165, 1.54) is 11.3 Å². The van der Waals surface area contributed by atoms with E-state index in [0.29, 0.717) is 16.7 Å². The summed E-state index contributed by atoms with van der Waals surface area (Å²) in [4.78, 5) is 12.8. The second kappa shape index (κ2) is 9.82. The zero-order valence-electron chi connectivity index (χ0n) is 13.9. The van der Waals surface area contributed by atoms with Crippen LogP contribution in [0.25, 0.3) is 0 Å². The van der Waals surface area contributed by atoms with Gasteiger partial charge in [0, 0.05) is 44.3 Å². The number of halogens is 1. The first kappa shape index (κ1) is 21.3. The molecule has 3 heterocycles. The van der Waals surface area contributed by atoms with Crippen molar-refractivity contribution in [2.75, 3.05) is 44.2 Å². The molecule has 144 valence electrons. The fourth-order valence-corrected chi connectivity index (χ4v) is 5.19. The summed E-state index contributed by atoms with van der Waals surface area (Å²) in [5.41, 5.74) is 6.03. The van der Waals surface area contributed by atoms with Crippen molar-refractivity contribution in [2.24, 2.45) is 10.7 Å². The van der Waals surface area contributed by atoms with Crippen LogP contribution in [0.2, 0.25) is 0 Å². The number of thiazole rings is 1. The molecule has 0 unspecified atom stereocenters. The van der Waals surface area contributed by atoms with Gasteiger partial charge in [-0.2, -0.15) is 0 Å². The first-order valence-corrected chi connectivity index (χ1v) is 11.0. The van der Waals surface area contributed by atoms with E-state index in [9.17, 15) is 8.42 Å². The predicted octanol–water partition coefficient (Wildman–Crippen LogP) is 1.24. The molecule has 0 amide bonds. The summed E-state index contributed by atoms with van der Waals surface area (Å²) in [6.07, 6.45) is 1.80. The number of nitrogens with zero attached hydrogens (tertiary/aromatic N) is 4. The second-order valence-corrected chi connectivity index (χ2v) is 9.17. The average Bonchev–Trinajstić information content (AvgIpc) is 3.32. The standard InChI is InChI=1S/C14H20N6O2S3.HI/c15-13(16-3-4-18-25(21,22)12-2-1-10-23-12)19-6-8-20(9-7-19)14-17-5-11-24-14;/h1-2,5,10-11,18H,3-4,6-9H2,(H2,15,16);1H. The fourth-order valence-electron chi connectivity index (χ4n) is 2.44. The minimum Gasteiger partial charge on any atom is -0.370 e. The van der Waals surface area contributed by atoms with Crippen molar-refractivity contribution in [1.82, 2.24) is 14.6 Å². The van der Waals surface area contributed by atoms with E-state index in [0.717, 1.165) is 31.3 Å². The third-order valence-corrected chi connectivity index (χ3v) is 7.42. The van der Waals surface area contributed by atoms with E-state index in [1.54, 1.807) is 35.0 Å². The normalized spacial score (nSPS) is 15.8. The average molecular weight is 528 g/mol. The third kappa shape index (κ3) is 5.52. The molecule has 2 aromatic heterocycles. The number of hydrogen-bond acceptors (Lipinski definition) is 7. The highest BCUT2D eigenvalue weighted by Gasteiger charge is 2.20. The molecule has 0 spiro atoms. The molecule has 3 rings (SSSR count). The Labute approximate surface area is 178 Å². The maximum absolute atomic E-state index is 12.0. The number of nitrogens with two attached hydrogens (primary N) is 1. The quantitative estimate of drug-likeness (QED) is 0.253.